The Labute approximate surface area is 72.4 Å². The Balaban J connectivity index is 0. The summed E-state index contributed by atoms with van der Waals surface area (Å²) >= 11 is 0.967. The molecular weight excluding hydrogens is 300 g/mol. The molecule has 0 unspecified atom stereocenters. The van der Waals surface area contributed by atoms with E-state index in [9.17, 15) is 4.79 Å². The van der Waals surface area contributed by atoms with Gasteiger partial charge in [0.1, 0.15) is 0 Å². The predicted molar refractivity (Wildman–Crippen MR) is 37.5 cm³/mol. The minimum atomic E-state index is -0.846. The Kier molecular flexibility index (Phi) is 10.9. The van der Waals surface area contributed by atoms with Crippen LogP contribution in [0, 0.1) is 6.58 Å². The molecule has 0 atom stereocenters. The van der Waals surface area contributed by atoms with Gasteiger partial charge < -0.3 is 0 Å². The van der Waals surface area contributed by atoms with Crippen LogP contribution in [-0.4, -0.2) is 15.0 Å². The quantitative estimate of drug-likeness (QED) is 0.795. The van der Waals surface area contributed by atoms with Gasteiger partial charge in [-0.25, -0.2) is 0 Å². The summed E-state index contributed by atoms with van der Waals surface area (Å²) in [5, 5.41) is 8.22. The number of carboxylic acid groups (broad SMARTS) is 1. The molecule has 0 aliphatic heterocycles. The summed E-state index contributed by atoms with van der Waals surface area (Å²) in [6.07, 6.45) is 1.74. The zero-order valence-electron chi connectivity index (χ0n) is 6.13. The van der Waals surface area contributed by atoms with Crippen LogP contribution >= 0.6 is 0 Å². The van der Waals surface area contributed by atoms with Gasteiger partial charge in [0.15, 0.2) is 0 Å². The zero-order valence-corrected chi connectivity index (χ0v) is 9.06. The zero-order chi connectivity index (χ0) is 8.57. The Bertz CT molecular complexity index is 130. The molecule has 3 heteroatoms. The molecule has 2 nitrogen and oxygen atoms in total. The van der Waals surface area contributed by atoms with E-state index in [1.54, 1.807) is 0 Å². The van der Waals surface area contributed by atoms with Gasteiger partial charge >= 0.3 is 58.2 Å². The van der Waals surface area contributed by atoms with Crippen LogP contribution in [-0.2, 0) is 24.1 Å². The molecule has 58 valence electrons. The molecule has 0 radical (unpaired) electrons. The van der Waals surface area contributed by atoms with Crippen molar-refractivity contribution in [3.05, 3.63) is 12.7 Å². The number of allylic oxidation sites excluding steroid dienone is 1. The summed E-state index contributed by atoms with van der Waals surface area (Å²) < 4.78 is 0.451. The molecule has 0 aliphatic rings. The number of rotatable bonds is 3. The van der Waals surface area contributed by atoms with Crippen molar-refractivity contribution in [2.75, 3.05) is 0 Å². The molecule has 0 rings (SSSR count). The molecule has 1 N–H and O–H groups in total. The Hall–Kier alpha value is -0.232. The standard InChI is InChI=1S/C5H5O2.C2H6.W/c1-2-3-4-5(6)7;1-2;/h1-2H,3H2,(H,6,7);1-2H3;/q-1;;. The van der Waals surface area contributed by atoms with Crippen molar-refractivity contribution in [3.63, 3.8) is 0 Å². The predicted octanol–water partition coefficient (Wildman–Crippen LogP) is 1.20. The SMILES string of the molecule is CC.[CH-]=CC[C](=[W])C(=O)O. The molecule has 0 amide bonds. The second-order valence-electron chi connectivity index (χ2n) is 1.17. The van der Waals surface area contributed by atoms with E-state index in [2.05, 4.69) is 0 Å². The Morgan fingerprint density at radius 3 is 2.20 bits per heavy atom. The van der Waals surface area contributed by atoms with Crippen molar-refractivity contribution >= 4 is 9.87 Å². The van der Waals surface area contributed by atoms with E-state index < -0.39 is 5.97 Å². The molecule has 0 aromatic rings. The van der Waals surface area contributed by atoms with E-state index in [-0.39, 0.29) is 0 Å². The molecule has 0 aliphatic carbocycles. The molecule has 0 spiro atoms. The number of carboxylic acids is 1. The van der Waals surface area contributed by atoms with Crippen molar-refractivity contribution in [1.82, 2.24) is 0 Å². The minimum absolute atomic E-state index is 0.394. The first-order chi connectivity index (χ1) is 4.68. The van der Waals surface area contributed by atoms with E-state index in [4.69, 9.17) is 11.7 Å². The molecule has 0 saturated carbocycles. The third kappa shape index (κ3) is 7.77. The van der Waals surface area contributed by atoms with Crippen LogP contribution in [0.15, 0.2) is 6.08 Å². The third-order valence-electron chi connectivity index (χ3n) is 0.542. The molecule has 0 aromatic heterocycles. The molecular formula is C7H11O2W-. The van der Waals surface area contributed by atoms with Crippen molar-refractivity contribution in [3.8, 4) is 0 Å². The second-order valence-corrected chi connectivity index (χ2v) is 2.94. The van der Waals surface area contributed by atoms with Crippen molar-refractivity contribution in [2.24, 2.45) is 0 Å². The first-order valence-corrected chi connectivity index (χ1v) is 4.44. The average molecular weight is 311 g/mol. The first-order valence-electron chi connectivity index (χ1n) is 2.98. The topological polar surface area (TPSA) is 37.3 Å². The first kappa shape index (κ1) is 12.4. The van der Waals surface area contributed by atoms with Gasteiger partial charge in [-0.2, -0.15) is 0 Å². The van der Waals surface area contributed by atoms with Crippen molar-refractivity contribution in [2.45, 2.75) is 20.3 Å². The van der Waals surface area contributed by atoms with Crippen LogP contribution in [0.2, 0.25) is 0 Å². The van der Waals surface area contributed by atoms with Crippen molar-refractivity contribution < 1.29 is 29.3 Å². The van der Waals surface area contributed by atoms with Gasteiger partial charge in [-0.05, 0) is 0 Å². The van der Waals surface area contributed by atoms with Gasteiger partial charge in [-0.1, -0.05) is 13.8 Å². The summed E-state index contributed by atoms with van der Waals surface area (Å²) in [5.74, 6) is -0.846. The van der Waals surface area contributed by atoms with Crippen LogP contribution in [0.3, 0.4) is 0 Å². The monoisotopic (exact) mass is 311 g/mol. The molecule has 0 aromatic carbocycles. The van der Waals surface area contributed by atoms with E-state index in [0.717, 1.165) is 19.4 Å². The van der Waals surface area contributed by atoms with Crippen LogP contribution in [0.25, 0.3) is 0 Å². The van der Waals surface area contributed by atoms with E-state index in [1.165, 1.54) is 6.08 Å². The maximum absolute atomic E-state index is 10.00. The summed E-state index contributed by atoms with van der Waals surface area (Å²) in [5.41, 5.74) is 0. The van der Waals surface area contributed by atoms with Gasteiger partial charge in [0.25, 0.3) is 0 Å². The summed E-state index contributed by atoms with van der Waals surface area (Å²) in [6, 6.07) is 0. The number of carbonyl (C=O) groups is 1. The summed E-state index contributed by atoms with van der Waals surface area (Å²) in [7, 11) is 0. The maximum atomic E-state index is 10.00. The normalized spacial score (nSPS) is 7.00. The second kappa shape index (κ2) is 8.77. The average Bonchev–Trinajstić information content (AvgIpc) is 1.93. The number of aliphatic carboxylic acids is 1. The van der Waals surface area contributed by atoms with Crippen LogP contribution in [0.1, 0.15) is 20.3 Å². The summed E-state index contributed by atoms with van der Waals surface area (Å²) in [4.78, 5) is 10.00. The fourth-order valence-electron chi connectivity index (χ4n) is 0.194. The Morgan fingerprint density at radius 2 is 2.10 bits per heavy atom. The van der Waals surface area contributed by atoms with E-state index in [0.29, 0.717) is 10.3 Å². The third-order valence-corrected chi connectivity index (χ3v) is 1.77. The van der Waals surface area contributed by atoms with E-state index in [1.807, 2.05) is 13.8 Å². The van der Waals surface area contributed by atoms with E-state index >= 15 is 0 Å². The number of hydrogen-bond donors (Lipinski definition) is 1. The molecule has 10 heavy (non-hydrogen) atoms. The summed E-state index contributed by atoms with van der Waals surface area (Å²) in [6.45, 7) is 8.97. The van der Waals surface area contributed by atoms with Crippen LogP contribution in [0.5, 0.6) is 0 Å². The van der Waals surface area contributed by atoms with Gasteiger partial charge in [-0.15, -0.1) is 0 Å². The van der Waals surface area contributed by atoms with Crippen molar-refractivity contribution in [1.29, 1.82) is 0 Å². The fourth-order valence-corrected chi connectivity index (χ4v) is 0.540. The van der Waals surface area contributed by atoms with Gasteiger partial charge in [0.2, 0.25) is 0 Å². The van der Waals surface area contributed by atoms with Crippen LogP contribution in [0.4, 0.5) is 0 Å². The van der Waals surface area contributed by atoms with Gasteiger partial charge in [-0.3, -0.25) is 0 Å². The Morgan fingerprint density at radius 1 is 1.70 bits per heavy atom. The van der Waals surface area contributed by atoms with Crippen LogP contribution < -0.4 is 0 Å². The number of hydrogen-bond acceptors (Lipinski definition) is 1. The molecule has 0 fully saturated rings. The van der Waals surface area contributed by atoms with Gasteiger partial charge in [0.05, 0.1) is 0 Å². The fraction of sp³-hybridized carbons (Fsp3) is 0.429. The van der Waals surface area contributed by atoms with Gasteiger partial charge in [0, 0.05) is 0 Å². The molecule has 0 saturated heterocycles. The molecule has 0 heterocycles. The molecule has 0 bridgehead atoms.